The molecule has 0 atom stereocenters. The fourth-order valence-electron chi connectivity index (χ4n) is 2.18. The van der Waals surface area contributed by atoms with Gasteiger partial charge in [0.2, 0.25) is 0 Å². The number of rotatable bonds is 4. The zero-order valence-corrected chi connectivity index (χ0v) is 9.86. The molecule has 16 heavy (non-hydrogen) atoms. The van der Waals surface area contributed by atoms with Crippen molar-refractivity contribution in [1.29, 1.82) is 0 Å². The van der Waals surface area contributed by atoms with E-state index in [1.54, 1.807) is 0 Å². The minimum atomic E-state index is 1.15. The lowest BCUT2D eigenvalue weighted by atomic mass is 10.1. The summed E-state index contributed by atoms with van der Waals surface area (Å²) in [6.45, 7) is 6.00. The summed E-state index contributed by atoms with van der Waals surface area (Å²) in [5.41, 5.74) is 1.36. The standard InChI is InChI=1S/C13H21N3/c1-4-13(12-15-6-1)5-2-9-16-10-3-7-14-8-11-16/h1,4,6,12,14H,2-3,5,7-11H2. The van der Waals surface area contributed by atoms with E-state index in [0.29, 0.717) is 0 Å². The van der Waals surface area contributed by atoms with Crippen molar-refractivity contribution >= 4 is 0 Å². The quantitative estimate of drug-likeness (QED) is 0.827. The number of hydrogen-bond donors (Lipinski definition) is 1. The second-order valence-corrected chi connectivity index (χ2v) is 4.41. The second-order valence-electron chi connectivity index (χ2n) is 4.41. The maximum Gasteiger partial charge on any atom is 0.0299 e. The Balaban J connectivity index is 1.67. The summed E-state index contributed by atoms with van der Waals surface area (Å²) in [6, 6.07) is 4.18. The molecule has 0 spiro atoms. The molecule has 0 radical (unpaired) electrons. The zero-order chi connectivity index (χ0) is 11.1. The number of nitrogens with one attached hydrogen (secondary N) is 1. The van der Waals surface area contributed by atoms with Gasteiger partial charge in [0, 0.05) is 25.5 Å². The Labute approximate surface area is 97.9 Å². The van der Waals surface area contributed by atoms with Crippen LogP contribution in [-0.2, 0) is 6.42 Å². The van der Waals surface area contributed by atoms with Gasteiger partial charge in [0.05, 0.1) is 0 Å². The third-order valence-corrected chi connectivity index (χ3v) is 3.10. The minimum absolute atomic E-state index is 1.15. The summed E-state index contributed by atoms with van der Waals surface area (Å²) in [6.07, 6.45) is 7.49. The summed E-state index contributed by atoms with van der Waals surface area (Å²) >= 11 is 0. The van der Waals surface area contributed by atoms with Crippen LogP contribution < -0.4 is 5.32 Å². The highest BCUT2D eigenvalue weighted by atomic mass is 15.1. The van der Waals surface area contributed by atoms with Crippen molar-refractivity contribution in [2.24, 2.45) is 0 Å². The summed E-state index contributed by atoms with van der Waals surface area (Å²) < 4.78 is 0. The molecule has 2 heterocycles. The van der Waals surface area contributed by atoms with Gasteiger partial charge in [-0.2, -0.15) is 0 Å². The Morgan fingerprint density at radius 2 is 2.31 bits per heavy atom. The van der Waals surface area contributed by atoms with Gasteiger partial charge in [-0.25, -0.2) is 0 Å². The molecule has 1 fully saturated rings. The summed E-state index contributed by atoms with van der Waals surface area (Å²) in [4.78, 5) is 6.71. The van der Waals surface area contributed by atoms with Crippen LogP contribution in [0.3, 0.4) is 0 Å². The van der Waals surface area contributed by atoms with Crippen LogP contribution in [0.4, 0.5) is 0 Å². The van der Waals surface area contributed by atoms with Crippen molar-refractivity contribution in [3.8, 4) is 0 Å². The summed E-state index contributed by atoms with van der Waals surface area (Å²) in [7, 11) is 0. The van der Waals surface area contributed by atoms with Crippen LogP contribution in [0.25, 0.3) is 0 Å². The maximum atomic E-state index is 4.14. The first kappa shape index (κ1) is 11.6. The first-order valence-corrected chi connectivity index (χ1v) is 6.27. The first-order chi connectivity index (χ1) is 7.95. The predicted octanol–water partition coefficient (Wildman–Crippen LogP) is 1.31. The monoisotopic (exact) mass is 219 g/mol. The number of nitrogens with zero attached hydrogens (tertiary/aromatic N) is 2. The molecule has 88 valence electrons. The highest BCUT2D eigenvalue weighted by molar-refractivity contribution is 5.08. The predicted molar refractivity (Wildman–Crippen MR) is 66.5 cm³/mol. The Morgan fingerprint density at radius 3 is 3.19 bits per heavy atom. The van der Waals surface area contributed by atoms with Crippen molar-refractivity contribution < 1.29 is 0 Å². The number of pyridine rings is 1. The first-order valence-electron chi connectivity index (χ1n) is 6.27. The van der Waals surface area contributed by atoms with Crippen molar-refractivity contribution in [2.75, 3.05) is 32.7 Å². The SMILES string of the molecule is c1cncc(CCCN2CCCNCC2)c1. The molecule has 0 aliphatic carbocycles. The van der Waals surface area contributed by atoms with Gasteiger partial charge in [-0.1, -0.05) is 6.07 Å². The van der Waals surface area contributed by atoms with E-state index in [1.165, 1.54) is 44.6 Å². The van der Waals surface area contributed by atoms with Gasteiger partial charge in [-0.15, -0.1) is 0 Å². The van der Waals surface area contributed by atoms with Crippen molar-refractivity contribution in [3.63, 3.8) is 0 Å². The van der Waals surface area contributed by atoms with E-state index < -0.39 is 0 Å². The lowest BCUT2D eigenvalue weighted by molar-refractivity contribution is 0.289. The smallest absolute Gasteiger partial charge is 0.0299 e. The van der Waals surface area contributed by atoms with E-state index in [0.717, 1.165) is 13.0 Å². The molecule has 2 rings (SSSR count). The molecule has 1 aromatic rings. The molecule has 0 aromatic carbocycles. The average molecular weight is 219 g/mol. The Bertz CT molecular complexity index is 278. The number of aryl methyl sites for hydroxylation is 1. The molecule has 1 aromatic heterocycles. The Kier molecular flexibility index (Phi) is 4.77. The Morgan fingerprint density at radius 1 is 1.31 bits per heavy atom. The van der Waals surface area contributed by atoms with Gasteiger partial charge >= 0.3 is 0 Å². The zero-order valence-electron chi connectivity index (χ0n) is 9.86. The van der Waals surface area contributed by atoms with Gasteiger partial charge in [0.15, 0.2) is 0 Å². The third-order valence-electron chi connectivity index (χ3n) is 3.10. The fourth-order valence-corrected chi connectivity index (χ4v) is 2.18. The largest absolute Gasteiger partial charge is 0.315 e. The van der Waals surface area contributed by atoms with Crippen LogP contribution in [0.2, 0.25) is 0 Å². The van der Waals surface area contributed by atoms with Crippen LogP contribution in [0.5, 0.6) is 0 Å². The van der Waals surface area contributed by atoms with E-state index in [2.05, 4.69) is 21.3 Å². The van der Waals surface area contributed by atoms with Crippen LogP contribution in [-0.4, -0.2) is 42.6 Å². The van der Waals surface area contributed by atoms with E-state index >= 15 is 0 Å². The third kappa shape index (κ3) is 3.91. The summed E-state index contributed by atoms with van der Waals surface area (Å²) in [5, 5.41) is 3.43. The number of hydrogen-bond acceptors (Lipinski definition) is 3. The molecule has 0 saturated carbocycles. The highest BCUT2D eigenvalue weighted by Crippen LogP contribution is 2.03. The Hall–Kier alpha value is -0.930. The van der Waals surface area contributed by atoms with Crippen LogP contribution in [0.1, 0.15) is 18.4 Å². The number of aromatic nitrogens is 1. The molecule has 3 nitrogen and oxygen atoms in total. The molecular formula is C13H21N3. The van der Waals surface area contributed by atoms with Gasteiger partial charge in [0.25, 0.3) is 0 Å². The van der Waals surface area contributed by atoms with Crippen LogP contribution in [0.15, 0.2) is 24.5 Å². The van der Waals surface area contributed by atoms with Crippen molar-refractivity contribution in [3.05, 3.63) is 30.1 Å². The fraction of sp³-hybridized carbons (Fsp3) is 0.615. The van der Waals surface area contributed by atoms with Crippen molar-refractivity contribution in [1.82, 2.24) is 15.2 Å². The molecule has 0 amide bonds. The van der Waals surface area contributed by atoms with Crippen LogP contribution >= 0.6 is 0 Å². The van der Waals surface area contributed by atoms with E-state index in [-0.39, 0.29) is 0 Å². The molecule has 1 aliphatic rings. The van der Waals surface area contributed by atoms with Gasteiger partial charge in [-0.3, -0.25) is 4.98 Å². The molecule has 3 heteroatoms. The lowest BCUT2D eigenvalue weighted by Gasteiger charge is -2.18. The minimum Gasteiger partial charge on any atom is -0.315 e. The summed E-state index contributed by atoms with van der Waals surface area (Å²) in [5.74, 6) is 0. The molecular weight excluding hydrogens is 198 g/mol. The molecule has 0 unspecified atom stereocenters. The second kappa shape index (κ2) is 6.61. The highest BCUT2D eigenvalue weighted by Gasteiger charge is 2.07. The van der Waals surface area contributed by atoms with E-state index in [9.17, 15) is 0 Å². The van der Waals surface area contributed by atoms with E-state index in [1.807, 2.05) is 18.5 Å². The normalized spacial score (nSPS) is 18.2. The molecule has 1 aliphatic heterocycles. The van der Waals surface area contributed by atoms with Gasteiger partial charge in [-0.05, 0) is 50.5 Å². The maximum absolute atomic E-state index is 4.14. The molecule has 1 saturated heterocycles. The topological polar surface area (TPSA) is 28.2 Å². The van der Waals surface area contributed by atoms with Gasteiger partial charge < -0.3 is 10.2 Å². The molecule has 1 N–H and O–H groups in total. The molecule has 0 bridgehead atoms. The van der Waals surface area contributed by atoms with Crippen LogP contribution in [0, 0.1) is 0 Å². The average Bonchev–Trinajstić information content (AvgIpc) is 2.59. The van der Waals surface area contributed by atoms with Crippen molar-refractivity contribution in [2.45, 2.75) is 19.3 Å². The van der Waals surface area contributed by atoms with Gasteiger partial charge in [0.1, 0.15) is 0 Å². The lowest BCUT2D eigenvalue weighted by Crippen LogP contribution is -2.29. The van der Waals surface area contributed by atoms with E-state index in [4.69, 9.17) is 0 Å².